The lowest BCUT2D eigenvalue weighted by Crippen LogP contribution is -2.51. The minimum atomic E-state index is -3.80. The lowest BCUT2D eigenvalue weighted by molar-refractivity contribution is -0.116. The minimum absolute atomic E-state index is 0.0786. The molecule has 1 amide bonds. The normalized spacial score (nSPS) is 17.4. The van der Waals surface area contributed by atoms with Gasteiger partial charge in [-0.3, -0.25) is 4.79 Å². The fourth-order valence-corrected chi connectivity index (χ4v) is 4.84. The van der Waals surface area contributed by atoms with Gasteiger partial charge in [-0.2, -0.15) is 17.0 Å². The van der Waals surface area contributed by atoms with Crippen LogP contribution in [0.2, 0.25) is 0 Å². The molecule has 0 radical (unpaired) electrons. The van der Waals surface area contributed by atoms with Gasteiger partial charge in [-0.05, 0) is 55.2 Å². The van der Waals surface area contributed by atoms with Crippen LogP contribution in [0.4, 0.5) is 10.1 Å². The first-order valence-electron chi connectivity index (χ1n) is 9.12. The molecule has 0 aromatic heterocycles. The molecule has 1 heterocycles. The van der Waals surface area contributed by atoms with Crippen LogP contribution >= 0.6 is 0 Å². The maximum Gasteiger partial charge on any atom is 0.282 e. The second-order valence-electron chi connectivity index (χ2n) is 7.02. The highest BCUT2D eigenvalue weighted by Gasteiger charge is 2.34. The summed E-state index contributed by atoms with van der Waals surface area (Å²) in [6.07, 6.45) is 0.602. The molecule has 0 spiro atoms. The van der Waals surface area contributed by atoms with Gasteiger partial charge >= 0.3 is 0 Å². The van der Waals surface area contributed by atoms with Gasteiger partial charge in [0.2, 0.25) is 5.91 Å². The summed E-state index contributed by atoms with van der Waals surface area (Å²) in [6.45, 7) is 4.25. The number of anilines is 1. The van der Waals surface area contributed by atoms with Crippen molar-refractivity contribution in [2.45, 2.75) is 26.8 Å². The van der Waals surface area contributed by atoms with E-state index in [1.54, 1.807) is 12.1 Å². The van der Waals surface area contributed by atoms with E-state index in [1.165, 1.54) is 20.7 Å². The highest BCUT2D eigenvalue weighted by atomic mass is 32.2. The van der Waals surface area contributed by atoms with E-state index in [-0.39, 0.29) is 25.5 Å². The van der Waals surface area contributed by atoms with E-state index in [1.807, 2.05) is 32.0 Å². The molecule has 0 aliphatic carbocycles. The Kier molecular flexibility index (Phi) is 6.12. The van der Waals surface area contributed by atoms with Crippen molar-refractivity contribution in [1.82, 2.24) is 8.61 Å². The quantitative estimate of drug-likeness (QED) is 0.832. The van der Waals surface area contributed by atoms with Crippen molar-refractivity contribution in [3.05, 3.63) is 65.0 Å². The van der Waals surface area contributed by atoms with Crippen molar-refractivity contribution in [1.29, 1.82) is 0 Å². The molecule has 2 aromatic carbocycles. The van der Waals surface area contributed by atoms with E-state index in [4.69, 9.17) is 0 Å². The van der Waals surface area contributed by atoms with Crippen LogP contribution in [-0.4, -0.2) is 42.6 Å². The molecule has 1 fully saturated rings. The van der Waals surface area contributed by atoms with Crippen molar-refractivity contribution in [2.24, 2.45) is 0 Å². The first kappa shape index (κ1) is 20.4. The Bertz CT molecular complexity index is 978. The third kappa shape index (κ3) is 4.76. The van der Waals surface area contributed by atoms with Crippen molar-refractivity contribution < 1.29 is 17.6 Å². The van der Waals surface area contributed by atoms with E-state index in [0.717, 1.165) is 11.1 Å². The summed E-state index contributed by atoms with van der Waals surface area (Å²) in [4.78, 5) is 12.5. The van der Waals surface area contributed by atoms with E-state index in [9.17, 15) is 17.6 Å². The number of halogens is 1. The smallest absolute Gasteiger partial charge is 0.282 e. The van der Waals surface area contributed by atoms with Gasteiger partial charge in [0.1, 0.15) is 5.82 Å². The zero-order chi connectivity index (χ0) is 20.3. The Hall–Kier alpha value is -2.29. The summed E-state index contributed by atoms with van der Waals surface area (Å²) in [6, 6.07) is 11.6. The second kappa shape index (κ2) is 8.38. The zero-order valence-corrected chi connectivity index (χ0v) is 16.8. The highest BCUT2D eigenvalue weighted by molar-refractivity contribution is 7.86. The van der Waals surface area contributed by atoms with E-state index < -0.39 is 16.0 Å². The molecule has 1 aliphatic rings. The molecule has 28 heavy (non-hydrogen) atoms. The maximum absolute atomic E-state index is 13.4. The van der Waals surface area contributed by atoms with Crippen molar-refractivity contribution in [2.75, 3.05) is 25.0 Å². The Labute approximate surface area is 165 Å². The number of hydrogen-bond donors (Lipinski definition) is 1. The monoisotopic (exact) mass is 405 g/mol. The summed E-state index contributed by atoms with van der Waals surface area (Å²) >= 11 is 0. The summed E-state index contributed by atoms with van der Waals surface area (Å²) < 4.78 is 41.6. The van der Waals surface area contributed by atoms with Crippen LogP contribution in [0.15, 0.2) is 42.5 Å². The average Bonchev–Trinajstić information content (AvgIpc) is 2.62. The van der Waals surface area contributed by atoms with Crippen LogP contribution in [0.3, 0.4) is 0 Å². The number of rotatable bonds is 5. The summed E-state index contributed by atoms with van der Waals surface area (Å²) in [5.74, 6) is -0.790. The number of hydrogen-bond acceptors (Lipinski definition) is 3. The van der Waals surface area contributed by atoms with E-state index in [2.05, 4.69) is 5.32 Å². The topological polar surface area (TPSA) is 69.7 Å². The molecule has 0 unspecified atom stereocenters. The van der Waals surface area contributed by atoms with Gasteiger partial charge in [0.15, 0.2) is 0 Å². The molecule has 3 rings (SSSR count). The van der Waals surface area contributed by atoms with Crippen LogP contribution in [-0.2, 0) is 21.5 Å². The summed E-state index contributed by atoms with van der Waals surface area (Å²) in [5.41, 5.74) is 3.17. The lowest BCUT2D eigenvalue weighted by atomic mass is 10.1. The van der Waals surface area contributed by atoms with Crippen LogP contribution < -0.4 is 5.32 Å². The molecule has 1 saturated heterocycles. The Balaban J connectivity index is 1.69. The molecule has 1 N–H and O–H groups in total. The zero-order valence-electron chi connectivity index (χ0n) is 16.0. The lowest BCUT2D eigenvalue weighted by Gasteiger charge is -2.34. The number of benzene rings is 2. The molecule has 8 heteroatoms. The second-order valence-corrected chi connectivity index (χ2v) is 8.95. The van der Waals surface area contributed by atoms with Crippen molar-refractivity contribution in [3.63, 3.8) is 0 Å². The largest absolute Gasteiger partial charge is 0.325 e. The van der Waals surface area contributed by atoms with Crippen LogP contribution in [0.25, 0.3) is 0 Å². The van der Waals surface area contributed by atoms with E-state index in [0.29, 0.717) is 24.2 Å². The molecular weight excluding hydrogens is 381 g/mol. The van der Waals surface area contributed by atoms with Gasteiger partial charge in [0.05, 0.1) is 6.54 Å². The minimum Gasteiger partial charge on any atom is -0.325 e. The Morgan fingerprint density at radius 3 is 2.61 bits per heavy atom. The predicted molar refractivity (Wildman–Crippen MR) is 106 cm³/mol. The molecular formula is C20H24FN3O3S. The van der Waals surface area contributed by atoms with E-state index >= 15 is 0 Å². The molecule has 0 bridgehead atoms. The average molecular weight is 405 g/mol. The summed E-state index contributed by atoms with van der Waals surface area (Å²) in [5, 5.41) is 2.79. The Morgan fingerprint density at radius 1 is 1.11 bits per heavy atom. The van der Waals surface area contributed by atoms with Crippen molar-refractivity contribution in [3.8, 4) is 0 Å². The maximum atomic E-state index is 13.4. The predicted octanol–water partition coefficient (Wildman–Crippen LogP) is 2.83. The van der Waals surface area contributed by atoms with Crippen molar-refractivity contribution >= 4 is 21.8 Å². The number of carbonyl (C=O) groups excluding carboxylic acids is 1. The molecule has 1 aliphatic heterocycles. The van der Waals surface area contributed by atoms with Gasteiger partial charge in [0.25, 0.3) is 10.2 Å². The van der Waals surface area contributed by atoms with Gasteiger partial charge in [-0.25, -0.2) is 4.39 Å². The van der Waals surface area contributed by atoms with Crippen LogP contribution in [0.1, 0.15) is 23.1 Å². The Morgan fingerprint density at radius 2 is 1.86 bits per heavy atom. The molecule has 150 valence electrons. The van der Waals surface area contributed by atoms with Gasteiger partial charge in [0, 0.05) is 25.3 Å². The molecule has 6 nitrogen and oxygen atoms in total. The molecule has 0 atom stereocenters. The SMILES string of the molecule is Cc1ccc(C)c(NC(=O)CN2CCCN(Cc3cccc(F)c3)S2(=O)=O)c1. The first-order valence-corrected chi connectivity index (χ1v) is 10.5. The fraction of sp³-hybridized carbons (Fsp3) is 0.350. The number of carbonyl (C=O) groups is 1. The fourth-order valence-electron chi connectivity index (χ4n) is 3.20. The third-order valence-corrected chi connectivity index (χ3v) is 6.63. The molecule has 2 aromatic rings. The number of nitrogens with zero attached hydrogens (tertiary/aromatic N) is 2. The van der Waals surface area contributed by atoms with Crippen LogP contribution in [0.5, 0.6) is 0 Å². The number of amides is 1. The standard InChI is InChI=1S/C20H24FN3O3S/c1-15-7-8-16(2)19(11-15)22-20(25)14-24-10-4-9-23(28(24,26)27)13-17-5-3-6-18(21)12-17/h3,5-8,11-12H,4,9-10,13-14H2,1-2H3,(H,22,25). The first-order chi connectivity index (χ1) is 13.3. The molecule has 0 saturated carbocycles. The van der Waals surface area contributed by atoms with Gasteiger partial charge < -0.3 is 5.32 Å². The number of aryl methyl sites for hydroxylation is 2. The van der Waals surface area contributed by atoms with Gasteiger partial charge in [-0.1, -0.05) is 24.3 Å². The van der Waals surface area contributed by atoms with Crippen LogP contribution in [0, 0.1) is 19.7 Å². The van der Waals surface area contributed by atoms with Gasteiger partial charge in [-0.15, -0.1) is 0 Å². The number of nitrogens with one attached hydrogen (secondary N) is 1. The highest BCUT2D eigenvalue weighted by Crippen LogP contribution is 2.21. The third-order valence-electron chi connectivity index (χ3n) is 4.70. The summed E-state index contributed by atoms with van der Waals surface area (Å²) in [7, 11) is -3.80.